The Balaban J connectivity index is 2.69. The van der Waals surface area contributed by atoms with Crippen LogP contribution in [0.3, 0.4) is 0 Å². The molecule has 0 aromatic heterocycles. The number of nitrogens with one attached hydrogen (secondary N) is 1. The predicted octanol–water partition coefficient (Wildman–Crippen LogP) is 4.61. The Labute approximate surface area is 126 Å². The van der Waals surface area contributed by atoms with Crippen LogP contribution < -0.4 is 5.32 Å². The Morgan fingerprint density at radius 3 is 2.45 bits per heavy atom. The molecule has 0 saturated carbocycles. The fourth-order valence-corrected chi connectivity index (χ4v) is 2.36. The highest BCUT2D eigenvalue weighted by molar-refractivity contribution is 9.10. The summed E-state index contributed by atoms with van der Waals surface area (Å²) < 4.78 is 39.3. The monoisotopic (exact) mass is 352 g/mol. The van der Waals surface area contributed by atoms with E-state index in [1.54, 1.807) is 0 Å². The first kappa shape index (κ1) is 17.3. The van der Waals surface area contributed by atoms with Gasteiger partial charge in [-0.1, -0.05) is 29.8 Å². The molecule has 20 heavy (non-hydrogen) atoms. The van der Waals surface area contributed by atoms with E-state index in [1.165, 1.54) is 12.1 Å². The summed E-state index contributed by atoms with van der Waals surface area (Å²) in [7, 11) is 0. The van der Waals surface area contributed by atoms with Crippen LogP contribution in [0, 0.1) is 0 Å². The van der Waals surface area contributed by atoms with Crippen molar-refractivity contribution < 1.29 is 13.2 Å². The minimum atomic E-state index is -4.34. The quantitative estimate of drug-likeness (QED) is 0.770. The predicted molar refractivity (Wildman–Crippen MR) is 80.0 cm³/mol. The largest absolute Gasteiger partial charge is 0.418 e. The molecule has 0 unspecified atom stereocenters. The van der Waals surface area contributed by atoms with E-state index in [0.29, 0.717) is 11.0 Å². The molecule has 1 aromatic rings. The Kier molecular flexibility index (Phi) is 6.82. The highest BCUT2D eigenvalue weighted by Gasteiger charge is 2.33. The van der Waals surface area contributed by atoms with Gasteiger partial charge in [0, 0.05) is 23.2 Å². The summed E-state index contributed by atoms with van der Waals surface area (Å²) >= 11 is 3.20. The average Bonchev–Trinajstić information content (AvgIpc) is 2.36. The Morgan fingerprint density at radius 2 is 1.90 bits per heavy atom. The average molecular weight is 353 g/mol. The molecule has 114 valence electrons. The van der Waals surface area contributed by atoms with E-state index in [0.717, 1.165) is 32.1 Å². The number of halogens is 4. The van der Waals surface area contributed by atoms with Crippen molar-refractivity contribution in [2.45, 2.75) is 26.4 Å². The molecule has 0 heterocycles. The summed E-state index contributed by atoms with van der Waals surface area (Å²) in [6.45, 7) is 7.23. The molecule has 0 saturated heterocycles. The minimum Gasteiger partial charge on any atom is -0.383 e. The normalized spacial score (nSPS) is 11.9. The number of benzene rings is 1. The van der Waals surface area contributed by atoms with Gasteiger partial charge in [0.25, 0.3) is 0 Å². The summed E-state index contributed by atoms with van der Waals surface area (Å²) in [5.74, 6) is 0. The number of anilines is 1. The van der Waals surface area contributed by atoms with Crippen molar-refractivity contribution in [3.05, 3.63) is 28.2 Å². The number of alkyl halides is 3. The van der Waals surface area contributed by atoms with E-state index in [2.05, 4.69) is 40.0 Å². The second kappa shape index (κ2) is 7.88. The molecule has 6 heteroatoms. The molecule has 0 aliphatic carbocycles. The molecule has 0 aliphatic heterocycles. The number of likely N-dealkylation sites (N-methyl/N-ethyl adjacent to an activating group) is 1. The molecule has 0 bridgehead atoms. The van der Waals surface area contributed by atoms with E-state index in [9.17, 15) is 13.2 Å². The Morgan fingerprint density at radius 1 is 1.20 bits per heavy atom. The van der Waals surface area contributed by atoms with E-state index in [1.807, 2.05) is 0 Å². The number of hydrogen-bond acceptors (Lipinski definition) is 2. The van der Waals surface area contributed by atoms with E-state index in [-0.39, 0.29) is 5.69 Å². The van der Waals surface area contributed by atoms with Crippen LogP contribution in [0.1, 0.15) is 25.8 Å². The van der Waals surface area contributed by atoms with Crippen LogP contribution >= 0.6 is 15.9 Å². The third kappa shape index (κ3) is 5.32. The van der Waals surface area contributed by atoms with Gasteiger partial charge in [-0.25, -0.2) is 0 Å². The molecule has 0 atom stereocenters. The van der Waals surface area contributed by atoms with Crippen LogP contribution in [0.15, 0.2) is 22.7 Å². The second-order valence-electron chi connectivity index (χ2n) is 4.55. The van der Waals surface area contributed by atoms with Gasteiger partial charge in [0.15, 0.2) is 0 Å². The smallest absolute Gasteiger partial charge is 0.383 e. The van der Waals surface area contributed by atoms with E-state index < -0.39 is 11.7 Å². The fourth-order valence-electron chi connectivity index (χ4n) is 2.00. The fraction of sp³-hybridized carbons (Fsp3) is 0.571. The van der Waals surface area contributed by atoms with Crippen LogP contribution in [0.25, 0.3) is 0 Å². The summed E-state index contributed by atoms with van der Waals surface area (Å²) in [6, 6.07) is 3.97. The summed E-state index contributed by atoms with van der Waals surface area (Å²) in [4.78, 5) is 2.21. The topological polar surface area (TPSA) is 15.3 Å². The third-order valence-electron chi connectivity index (χ3n) is 3.02. The zero-order valence-corrected chi connectivity index (χ0v) is 13.3. The van der Waals surface area contributed by atoms with Crippen LogP contribution in [0.5, 0.6) is 0 Å². The number of nitrogens with zero attached hydrogens (tertiary/aromatic N) is 1. The summed E-state index contributed by atoms with van der Waals surface area (Å²) in [5.41, 5.74) is -0.501. The lowest BCUT2D eigenvalue weighted by atomic mass is 10.1. The highest BCUT2D eigenvalue weighted by Crippen LogP contribution is 2.36. The maximum Gasteiger partial charge on any atom is 0.418 e. The van der Waals surface area contributed by atoms with Gasteiger partial charge in [-0.2, -0.15) is 13.2 Å². The van der Waals surface area contributed by atoms with Crippen molar-refractivity contribution in [3.8, 4) is 0 Å². The van der Waals surface area contributed by atoms with E-state index >= 15 is 0 Å². The molecular weight excluding hydrogens is 333 g/mol. The van der Waals surface area contributed by atoms with Crippen LogP contribution in [0.2, 0.25) is 0 Å². The first-order valence-corrected chi connectivity index (χ1v) is 7.50. The maximum atomic E-state index is 12.9. The van der Waals surface area contributed by atoms with Crippen molar-refractivity contribution in [1.29, 1.82) is 0 Å². The van der Waals surface area contributed by atoms with Crippen LogP contribution in [-0.4, -0.2) is 31.1 Å². The third-order valence-corrected chi connectivity index (χ3v) is 3.51. The van der Waals surface area contributed by atoms with Crippen molar-refractivity contribution in [1.82, 2.24) is 4.90 Å². The SMILES string of the molecule is CCCN(CC)CCNc1cc(Br)ccc1C(F)(F)F. The molecule has 1 N–H and O–H groups in total. The standard InChI is InChI=1S/C14H20BrF3N2/c1-3-8-20(4-2)9-7-19-13-10-11(15)5-6-12(13)14(16,17)18/h5-6,10,19H,3-4,7-9H2,1-2H3. The maximum absolute atomic E-state index is 12.9. The Bertz CT molecular complexity index is 421. The highest BCUT2D eigenvalue weighted by atomic mass is 79.9. The summed E-state index contributed by atoms with van der Waals surface area (Å²) in [6.07, 6.45) is -3.30. The first-order chi connectivity index (χ1) is 9.38. The van der Waals surface area contributed by atoms with Crippen LogP contribution in [-0.2, 0) is 6.18 Å². The lowest BCUT2D eigenvalue weighted by molar-refractivity contribution is -0.137. The molecular formula is C14H20BrF3N2. The van der Waals surface area contributed by atoms with Gasteiger partial charge >= 0.3 is 6.18 Å². The lowest BCUT2D eigenvalue weighted by Crippen LogP contribution is -2.30. The minimum absolute atomic E-state index is 0.124. The molecule has 1 rings (SSSR count). The van der Waals surface area contributed by atoms with Gasteiger partial charge < -0.3 is 10.2 Å². The molecule has 0 radical (unpaired) electrons. The number of hydrogen-bond donors (Lipinski definition) is 1. The zero-order valence-electron chi connectivity index (χ0n) is 11.7. The molecule has 2 nitrogen and oxygen atoms in total. The molecule has 0 fully saturated rings. The number of rotatable bonds is 7. The first-order valence-electron chi connectivity index (χ1n) is 6.71. The van der Waals surface area contributed by atoms with Crippen molar-refractivity contribution in [2.24, 2.45) is 0 Å². The second-order valence-corrected chi connectivity index (χ2v) is 5.46. The van der Waals surface area contributed by atoms with Gasteiger partial charge in [0.05, 0.1) is 5.56 Å². The Hall–Kier alpha value is -0.750. The van der Waals surface area contributed by atoms with Crippen molar-refractivity contribution >= 4 is 21.6 Å². The van der Waals surface area contributed by atoms with E-state index in [4.69, 9.17) is 0 Å². The van der Waals surface area contributed by atoms with Crippen molar-refractivity contribution in [2.75, 3.05) is 31.5 Å². The van der Waals surface area contributed by atoms with Crippen molar-refractivity contribution in [3.63, 3.8) is 0 Å². The summed E-state index contributed by atoms with van der Waals surface area (Å²) in [5, 5.41) is 2.89. The van der Waals surface area contributed by atoms with Gasteiger partial charge in [-0.15, -0.1) is 0 Å². The zero-order chi connectivity index (χ0) is 15.2. The lowest BCUT2D eigenvalue weighted by Gasteiger charge is -2.21. The van der Waals surface area contributed by atoms with Crippen LogP contribution in [0.4, 0.5) is 18.9 Å². The molecule has 0 amide bonds. The van der Waals surface area contributed by atoms with Gasteiger partial charge in [-0.3, -0.25) is 0 Å². The molecule has 0 spiro atoms. The molecule has 0 aliphatic rings. The van der Waals surface area contributed by atoms with Gasteiger partial charge in [0.2, 0.25) is 0 Å². The van der Waals surface area contributed by atoms with Gasteiger partial charge in [-0.05, 0) is 37.7 Å². The van der Waals surface area contributed by atoms with Gasteiger partial charge in [0.1, 0.15) is 0 Å². The molecule has 1 aromatic carbocycles.